The molecule has 1 aliphatic heterocycles. The molecule has 23 heavy (non-hydrogen) atoms. The van der Waals surface area contributed by atoms with Gasteiger partial charge >= 0.3 is 0 Å². The Kier molecular flexibility index (Phi) is 5.26. The molecule has 2 heterocycles. The van der Waals surface area contributed by atoms with E-state index in [9.17, 15) is 0 Å². The number of aromatic nitrogens is 1. The lowest BCUT2D eigenvalue weighted by molar-refractivity contribution is -0.157. The fourth-order valence-electron chi connectivity index (χ4n) is 2.61. The molecular formula is C19H23NO3. The minimum Gasteiger partial charge on any atom is -0.487 e. The van der Waals surface area contributed by atoms with Gasteiger partial charge in [0, 0.05) is 17.7 Å². The second-order valence-corrected chi connectivity index (χ2v) is 5.93. The van der Waals surface area contributed by atoms with Crippen molar-refractivity contribution in [2.24, 2.45) is 0 Å². The van der Waals surface area contributed by atoms with Gasteiger partial charge in [-0.1, -0.05) is 24.8 Å². The van der Waals surface area contributed by atoms with Crippen LogP contribution in [0.15, 0.2) is 42.5 Å². The highest BCUT2D eigenvalue weighted by Crippen LogP contribution is 2.24. The van der Waals surface area contributed by atoms with Gasteiger partial charge in [0.25, 0.3) is 0 Å². The number of rotatable bonds is 6. The van der Waals surface area contributed by atoms with Crippen molar-refractivity contribution in [2.75, 3.05) is 19.8 Å². The SMILES string of the molecule is C=C(COc1cccc2ccc(C)nc12)COC1CCCCO1. The lowest BCUT2D eigenvalue weighted by atomic mass is 10.2. The Balaban J connectivity index is 1.55. The fraction of sp³-hybridized carbons (Fsp3) is 0.421. The predicted molar refractivity (Wildman–Crippen MR) is 90.7 cm³/mol. The Morgan fingerprint density at radius 1 is 1.26 bits per heavy atom. The van der Waals surface area contributed by atoms with Crippen LogP contribution >= 0.6 is 0 Å². The van der Waals surface area contributed by atoms with Crippen LogP contribution in [0.25, 0.3) is 10.9 Å². The summed E-state index contributed by atoms with van der Waals surface area (Å²) < 4.78 is 17.2. The number of nitrogens with zero attached hydrogens (tertiary/aromatic N) is 1. The topological polar surface area (TPSA) is 40.6 Å². The van der Waals surface area contributed by atoms with Crippen molar-refractivity contribution in [1.82, 2.24) is 4.98 Å². The molecule has 4 nitrogen and oxygen atoms in total. The van der Waals surface area contributed by atoms with Crippen LogP contribution in [0, 0.1) is 6.92 Å². The Bertz CT molecular complexity index is 677. The monoisotopic (exact) mass is 313 g/mol. The van der Waals surface area contributed by atoms with E-state index in [-0.39, 0.29) is 6.29 Å². The lowest BCUT2D eigenvalue weighted by Crippen LogP contribution is -2.23. The quantitative estimate of drug-likeness (QED) is 0.755. The van der Waals surface area contributed by atoms with Crippen LogP contribution in [0.2, 0.25) is 0 Å². The molecule has 1 aromatic carbocycles. The van der Waals surface area contributed by atoms with Crippen LogP contribution in [0.3, 0.4) is 0 Å². The summed E-state index contributed by atoms with van der Waals surface area (Å²) in [6, 6.07) is 10.0. The molecule has 0 spiro atoms. The molecule has 1 aromatic heterocycles. The van der Waals surface area contributed by atoms with Crippen LogP contribution in [0.4, 0.5) is 0 Å². The van der Waals surface area contributed by atoms with Gasteiger partial charge in [0.05, 0.1) is 6.61 Å². The summed E-state index contributed by atoms with van der Waals surface area (Å²) >= 11 is 0. The van der Waals surface area contributed by atoms with E-state index in [2.05, 4.69) is 17.6 Å². The summed E-state index contributed by atoms with van der Waals surface area (Å²) in [4.78, 5) is 4.57. The van der Waals surface area contributed by atoms with Gasteiger partial charge in [0.2, 0.25) is 0 Å². The molecule has 0 amide bonds. The van der Waals surface area contributed by atoms with Gasteiger partial charge in [-0.3, -0.25) is 0 Å². The van der Waals surface area contributed by atoms with Crippen molar-refractivity contribution in [3.05, 3.63) is 48.2 Å². The van der Waals surface area contributed by atoms with Gasteiger partial charge in [-0.05, 0) is 43.9 Å². The molecule has 0 N–H and O–H groups in total. The van der Waals surface area contributed by atoms with Crippen molar-refractivity contribution in [1.29, 1.82) is 0 Å². The Hall–Kier alpha value is -1.91. The first-order valence-corrected chi connectivity index (χ1v) is 8.11. The van der Waals surface area contributed by atoms with E-state index in [4.69, 9.17) is 14.2 Å². The molecular weight excluding hydrogens is 290 g/mol. The maximum atomic E-state index is 5.89. The summed E-state index contributed by atoms with van der Waals surface area (Å²) in [5.74, 6) is 0.779. The van der Waals surface area contributed by atoms with E-state index in [1.807, 2.05) is 31.2 Å². The van der Waals surface area contributed by atoms with Crippen molar-refractivity contribution >= 4 is 10.9 Å². The molecule has 0 saturated carbocycles. The lowest BCUT2D eigenvalue weighted by Gasteiger charge is -2.23. The van der Waals surface area contributed by atoms with Crippen molar-refractivity contribution in [3.63, 3.8) is 0 Å². The zero-order chi connectivity index (χ0) is 16.1. The van der Waals surface area contributed by atoms with Crippen molar-refractivity contribution in [3.8, 4) is 5.75 Å². The summed E-state index contributed by atoms with van der Waals surface area (Å²) in [6.07, 6.45) is 3.15. The average Bonchev–Trinajstić information content (AvgIpc) is 2.59. The number of pyridine rings is 1. The molecule has 1 aliphatic rings. The predicted octanol–water partition coefficient (Wildman–Crippen LogP) is 4.02. The molecule has 0 aliphatic carbocycles. The molecule has 0 radical (unpaired) electrons. The van der Waals surface area contributed by atoms with Crippen LogP contribution < -0.4 is 4.74 Å². The summed E-state index contributed by atoms with van der Waals surface area (Å²) in [6.45, 7) is 7.67. The Morgan fingerprint density at radius 3 is 3.00 bits per heavy atom. The maximum absolute atomic E-state index is 5.89. The smallest absolute Gasteiger partial charge is 0.158 e. The second kappa shape index (κ2) is 7.57. The number of para-hydroxylation sites is 1. The first-order valence-electron chi connectivity index (χ1n) is 8.11. The molecule has 122 valence electrons. The van der Waals surface area contributed by atoms with E-state index in [0.717, 1.165) is 53.8 Å². The summed E-state index contributed by atoms with van der Waals surface area (Å²) in [5.41, 5.74) is 2.76. The third-order valence-corrected chi connectivity index (χ3v) is 3.87. The number of aryl methyl sites for hydroxylation is 1. The van der Waals surface area contributed by atoms with Gasteiger partial charge in [0.1, 0.15) is 17.9 Å². The van der Waals surface area contributed by atoms with Gasteiger partial charge < -0.3 is 14.2 Å². The average molecular weight is 313 g/mol. The molecule has 4 heteroatoms. The number of hydrogen-bond donors (Lipinski definition) is 0. The van der Waals surface area contributed by atoms with Gasteiger partial charge in [-0.25, -0.2) is 4.98 Å². The maximum Gasteiger partial charge on any atom is 0.158 e. The van der Waals surface area contributed by atoms with Crippen LogP contribution in [0.5, 0.6) is 5.75 Å². The molecule has 1 atom stereocenters. The first-order chi connectivity index (χ1) is 11.2. The van der Waals surface area contributed by atoms with E-state index in [0.29, 0.717) is 13.2 Å². The molecule has 1 unspecified atom stereocenters. The number of hydrogen-bond acceptors (Lipinski definition) is 4. The first kappa shape index (κ1) is 16.0. The van der Waals surface area contributed by atoms with Crippen molar-refractivity contribution in [2.45, 2.75) is 32.5 Å². The highest BCUT2D eigenvalue weighted by molar-refractivity contribution is 5.84. The summed E-state index contributed by atoms with van der Waals surface area (Å²) in [5, 5.41) is 1.07. The third kappa shape index (κ3) is 4.30. The third-order valence-electron chi connectivity index (χ3n) is 3.87. The number of benzene rings is 1. The van der Waals surface area contributed by atoms with Crippen LogP contribution in [-0.2, 0) is 9.47 Å². The fourth-order valence-corrected chi connectivity index (χ4v) is 2.61. The standard InChI is InChI=1S/C19H23NO3/c1-14(13-23-18-8-3-4-11-21-18)12-22-17-7-5-6-16-10-9-15(2)20-19(16)17/h5-7,9-10,18H,1,3-4,8,11-13H2,2H3. The molecule has 1 fully saturated rings. The Morgan fingerprint density at radius 2 is 2.17 bits per heavy atom. The minimum atomic E-state index is -0.0950. The van der Waals surface area contributed by atoms with Gasteiger partial charge in [0.15, 0.2) is 6.29 Å². The van der Waals surface area contributed by atoms with Crippen LogP contribution in [-0.4, -0.2) is 31.1 Å². The zero-order valence-corrected chi connectivity index (χ0v) is 13.6. The molecule has 0 bridgehead atoms. The van der Waals surface area contributed by atoms with Gasteiger partial charge in [-0.2, -0.15) is 0 Å². The van der Waals surface area contributed by atoms with E-state index < -0.39 is 0 Å². The Labute approximate surface area is 137 Å². The summed E-state index contributed by atoms with van der Waals surface area (Å²) in [7, 11) is 0. The largest absolute Gasteiger partial charge is 0.487 e. The number of ether oxygens (including phenoxy) is 3. The van der Waals surface area contributed by atoms with E-state index >= 15 is 0 Å². The highest BCUT2D eigenvalue weighted by Gasteiger charge is 2.14. The van der Waals surface area contributed by atoms with Crippen molar-refractivity contribution < 1.29 is 14.2 Å². The van der Waals surface area contributed by atoms with Crippen LogP contribution in [0.1, 0.15) is 25.0 Å². The normalized spacial score (nSPS) is 18.0. The minimum absolute atomic E-state index is 0.0950. The second-order valence-electron chi connectivity index (χ2n) is 5.93. The molecule has 3 rings (SSSR count). The molecule has 2 aromatic rings. The van der Waals surface area contributed by atoms with E-state index in [1.165, 1.54) is 0 Å². The zero-order valence-electron chi connectivity index (χ0n) is 13.6. The van der Waals surface area contributed by atoms with Gasteiger partial charge in [-0.15, -0.1) is 0 Å². The highest BCUT2D eigenvalue weighted by atomic mass is 16.7. The number of fused-ring (bicyclic) bond motifs is 1. The van der Waals surface area contributed by atoms with E-state index in [1.54, 1.807) is 0 Å². The molecule has 1 saturated heterocycles.